The van der Waals surface area contributed by atoms with Gasteiger partial charge in [0.2, 0.25) is 5.91 Å². The van der Waals surface area contributed by atoms with Gasteiger partial charge in [0, 0.05) is 43.1 Å². The highest BCUT2D eigenvalue weighted by atomic mass is 16.6. The molecule has 4 rings (SSSR count). The number of aryl methyl sites for hydroxylation is 2. The maximum Gasteiger partial charge on any atom is 0.412 e. The van der Waals surface area contributed by atoms with Gasteiger partial charge in [-0.25, -0.2) is 9.59 Å². The van der Waals surface area contributed by atoms with Crippen LogP contribution in [0.5, 0.6) is 0 Å². The topological polar surface area (TPSA) is 111 Å². The van der Waals surface area contributed by atoms with E-state index in [0.717, 1.165) is 28.2 Å². The Hall–Kier alpha value is -4.14. The molecule has 0 spiro atoms. The lowest BCUT2D eigenvalue weighted by Gasteiger charge is -2.37. The van der Waals surface area contributed by atoms with E-state index in [4.69, 9.17) is 5.73 Å². The predicted octanol–water partition coefficient (Wildman–Crippen LogP) is 2.75. The molecule has 1 aromatic heterocycles. The normalized spacial score (nSPS) is 13.6. The lowest BCUT2D eigenvalue weighted by molar-refractivity contribution is -0.132. The number of carbonyl (C=O) groups is 3. The van der Waals surface area contributed by atoms with E-state index in [1.54, 1.807) is 22.9 Å². The van der Waals surface area contributed by atoms with Crippen molar-refractivity contribution in [2.45, 2.75) is 20.4 Å². The van der Waals surface area contributed by atoms with E-state index in [-0.39, 0.29) is 18.0 Å². The van der Waals surface area contributed by atoms with Gasteiger partial charge in [-0.3, -0.25) is 9.48 Å². The molecule has 0 aliphatic carbocycles. The summed E-state index contributed by atoms with van der Waals surface area (Å²) < 4.78 is 6.25. The minimum absolute atomic E-state index is 0.0554. The Labute approximate surface area is 197 Å². The molecular formula is C25H27N5O4. The van der Waals surface area contributed by atoms with Crippen molar-refractivity contribution in [2.24, 2.45) is 5.73 Å². The fourth-order valence-electron chi connectivity index (χ4n) is 4.22. The molecule has 2 N–H and O–H groups in total. The second-order valence-electron chi connectivity index (χ2n) is 8.26. The summed E-state index contributed by atoms with van der Waals surface area (Å²) in [5.41, 5.74) is 9.85. The largest absolute Gasteiger partial charge is 0.412 e. The molecule has 0 unspecified atom stereocenters. The third kappa shape index (κ3) is 5.09. The first-order valence-electron chi connectivity index (χ1n) is 11.1. The van der Waals surface area contributed by atoms with Crippen molar-refractivity contribution < 1.29 is 19.1 Å². The third-order valence-electron chi connectivity index (χ3n) is 5.87. The molecule has 0 radical (unpaired) electrons. The Balaban J connectivity index is 1.47. The number of para-hydroxylation sites is 1. The van der Waals surface area contributed by atoms with Crippen LogP contribution in [0.1, 0.15) is 21.7 Å². The zero-order chi connectivity index (χ0) is 24.2. The Bertz CT molecular complexity index is 1230. The van der Waals surface area contributed by atoms with Crippen molar-refractivity contribution in [1.29, 1.82) is 0 Å². The maximum atomic E-state index is 12.8. The second-order valence-corrected chi connectivity index (χ2v) is 8.26. The monoisotopic (exact) mass is 461 g/mol. The van der Waals surface area contributed by atoms with Crippen LogP contribution in [-0.2, 0) is 16.1 Å². The van der Waals surface area contributed by atoms with E-state index in [1.165, 1.54) is 0 Å². The van der Waals surface area contributed by atoms with Gasteiger partial charge < -0.3 is 20.3 Å². The van der Waals surface area contributed by atoms with Gasteiger partial charge in [-0.2, -0.15) is 5.10 Å². The van der Waals surface area contributed by atoms with Crippen molar-refractivity contribution in [3.05, 3.63) is 71.5 Å². The highest BCUT2D eigenvalue weighted by Gasteiger charge is 2.24. The van der Waals surface area contributed by atoms with Gasteiger partial charge >= 0.3 is 12.1 Å². The van der Waals surface area contributed by atoms with E-state index in [0.29, 0.717) is 26.2 Å². The van der Waals surface area contributed by atoms with Crippen LogP contribution in [0.15, 0.2) is 54.6 Å². The summed E-state index contributed by atoms with van der Waals surface area (Å²) in [6, 6.07) is 16.7. The molecule has 2 amide bonds. The van der Waals surface area contributed by atoms with Crippen LogP contribution >= 0.6 is 0 Å². The number of hydrogen-bond donors (Lipinski definition) is 1. The number of piperazine rings is 1. The number of amides is 2. The highest BCUT2D eigenvalue weighted by molar-refractivity contribution is 5.97. The van der Waals surface area contributed by atoms with Crippen molar-refractivity contribution in [2.75, 3.05) is 31.1 Å². The van der Waals surface area contributed by atoms with Crippen LogP contribution in [0.2, 0.25) is 0 Å². The molecular weight excluding hydrogens is 434 g/mol. The fraction of sp³-hybridized carbons (Fsp3) is 0.280. The summed E-state index contributed by atoms with van der Waals surface area (Å²) in [5.74, 6) is -0.735. The van der Waals surface area contributed by atoms with Crippen LogP contribution in [0.3, 0.4) is 0 Å². The lowest BCUT2D eigenvalue weighted by atomic mass is 10.0. The van der Waals surface area contributed by atoms with Crippen LogP contribution in [0.25, 0.3) is 11.1 Å². The zero-order valence-corrected chi connectivity index (χ0v) is 19.2. The predicted molar refractivity (Wildman–Crippen MR) is 127 cm³/mol. The number of ether oxygens (including phenoxy) is 1. The average molecular weight is 462 g/mol. The summed E-state index contributed by atoms with van der Waals surface area (Å²) in [4.78, 5) is 39.9. The molecule has 1 aliphatic rings. The molecule has 0 saturated carbocycles. The Morgan fingerprint density at radius 3 is 2.38 bits per heavy atom. The van der Waals surface area contributed by atoms with E-state index >= 15 is 0 Å². The van der Waals surface area contributed by atoms with Crippen LogP contribution in [-0.4, -0.2) is 58.8 Å². The van der Waals surface area contributed by atoms with Gasteiger partial charge in [0.1, 0.15) is 6.54 Å². The van der Waals surface area contributed by atoms with Crippen LogP contribution in [0.4, 0.5) is 10.5 Å². The van der Waals surface area contributed by atoms with E-state index in [9.17, 15) is 14.4 Å². The number of rotatable bonds is 5. The smallest absolute Gasteiger partial charge is 0.373 e. The molecule has 1 saturated heterocycles. The molecule has 1 aliphatic heterocycles. The first-order valence-corrected chi connectivity index (χ1v) is 11.1. The van der Waals surface area contributed by atoms with Crippen LogP contribution in [0, 0.1) is 13.8 Å². The minimum Gasteiger partial charge on any atom is -0.373 e. The zero-order valence-electron chi connectivity index (χ0n) is 19.2. The number of hydrogen-bond acceptors (Lipinski definition) is 6. The Kier molecular flexibility index (Phi) is 6.62. The standard InChI is InChI=1S/C25H27N5O4/c1-17-14-18(2)30(27-17)16-23(31)29-12-10-28(11-13-29)22-9-4-3-8-21(22)19-6-5-7-20(15-19)24(32)34-25(26)33/h3-9,14-15H,10-13,16H2,1-2H3,(H2,26,33). The highest BCUT2D eigenvalue weighted by Crippen LogP contribution is 2.32. The number of primary amides is 1. The Morgan fingerprint density at radius 2 is 1.71 bits per heavy atom. The molecule has 9 nitrogen and oxygen atoms in total. The first kappa shape index (κ1) is 23.0. The SMILES string of the molecule is Cc1cc(C)n(CC(=O)N2CCN(c3ccccc3-c3cccc(C(=O)OC(N)=O)c3)CC2)n1. The molecule has 176 valence electrons. The Morgan fingerprint density at radius 1 is 0.971 bits per heavy atom. The second kappa shape index (κ2) is 9.78. The molecule has 3 aromatic rings. The van der Waals surface area contributed by atoms with E-state index < -0.39 is 12.1 Å². The van der Waals surface area contributed by atoms with Gasteiger partial charge in [-0.05, 0) is 43.7 Å². The van der Waals surface area contributed by atoms with Crippen molar-refractivity contribution in [3.8, 4) is 11.1 Å². The van der Waals surface area contributed by atoms with Gasteiger partial charge in [0.25, 0.3) is 0 Å². The van der Waals surface area contributed by atoms with Gasteiger partial charge in [0.05, 0.1) is 11.3 Å². The minimum atomic E-state index is -1.14. The number of nitrogens with two attached hydrogens (primary N) is 1. The summed E-state index contributed by atoms with van der Waals surface area (Å²) >= 11 is 0. The summed E-state index contributed by atoms with van der Waals surface area (Å²) in [7, 11) is 0. The molecule has 2 heterocycles. The maximum absolute atomic E-state index is 12.8. The lowest BCUT2D eigenvalue weighted by Crippen LogP contribution is -2.49. The molecule has 0 bridgehead atoms. The van der Waals surface area contributed by atoms with Gasteiger partial charge in [-0.1, -0.05) is 30.3 Å². The van der Waals surface area contributed by atoms with E-state index in [2.05, 4.69) is 14.7 Å². The summed E-state index contributed by atoms with van der Waals surface area (Å²) in [5, 5.41) is 4.39. The van der Waals surface area contributed by atoms with Gasteiger partial charge in [-0.15, -0.1) is 0 Å². The number of anilines is 1. The number of aromatic nitrogens is 2. The van der Waals surface area contributed by atoms with Crippen molar-refractivity contribution in [1.82, 2.24) is 14.7 Å². The molecule has 9 heteroatoms. The van der Waals surface area contributed by atoms with Gasteiger partial charge in [0.15, 0.2) is 0 Å². The number of benzene rings is 2. The van der Waals surface area contributed by atoms with Crippen molar-refractivity contribution in [3.63, 3.8) is 0 Å². The summed E-state index contributed by atoms with van der Waals surface area (Å²) in [6.45, 7) is 6.69. The molecule has 34 heavy (non-hydrogen) atoms. The quantitative estimate of drug-likeness (QED) is 0.462. The average Bonchev–Trinajstić information content (AvgIpc) is 3.15. The van der Waals surface area contributed by atoms with Crippen LogP contribution < -0.4 is 10.6 Å². The summed E-state index contributed by atoms with van der Waals surface area (Å²) in [6.07, 6.45) is -1.14. The van der Waals surface area contributed by atoms with Crippen molar-refractivity contribution >= 4 is 23.7 Å². The fourth-order valence-corrected chi connectivity index (χ4v) is 4.22. The third-order valence-corrected chi connectivity index (χ3v) is 5.87. The first-order chi connectivity index (χ1) is 16.3. The molecule has 0 atom stereocenters. The molecule has 1 fully saturated rings. The number of nitrogens with zero attached hydrogens (tertiary/aromatic N) is 4. The number of carbonyl (C=O) groups excluding carboxylic acids is 3. The number of esters is 1. The molecule has 2 aromatic carbocycles. The van der Waals surface area contributed by atoms with E-state index in [1.807, 2.05) is 55.1 Å².